The van der Waals surface area contributed by atoms with Gasteiger partial charge in [0.25, 0.3) is 0 Å². The van der Waals surface area contributed by atoms with Gasteiger partial charge in [-0.15, -0.1) is 0 Å². The summed E-state index contributed by atoms with van der Waals surface area (Å²) in [5, 5.41) is 3.48. The molecule has 2 rings (SSSR count). The van der Waals surface area contributed by atoms with Crippen LogP contribution in [0.4, 0.5) is 14.6 Å². The number of nitrogen functional groups attached to an aromatic ring is 1. The van der Waals surface area contributed by atoms with Crippen molar-refractivity contribution in [3.63, 3.8) is 0 Å². The van der Waals surface area contributed by atoms with Gasteiger partial charge in [0.15, 0.2) is 0 Å². The summed E-state index contributed by atoms with van der Waals surface area (Å²) in [6.45, 7) is -2.74. The maximum absolute atomic E-state index is 12.5. The van der Waals surface area contributed by atoms with Crippen LogP contribution >= 0.6 is 0 Å². The standard InChI is InChI=1S/C8H7F2N5/c9-8(10)15-6(1-7(11)14-15)5-2-12-4-13-3-5/h1-4,8H,(H2,11,14). The van der Waals surface area contributed by atoms with Crippen molar-refractivity contribution in [3.05, 3.63) is 24.8 Å². The van der Waals surface area contributed by atoms with E-state index in [2.05, 4.69) is 15.1 Å². The molecule has 15 heavy (non-hydrogen) atoms. The number of aromatic nitrogens is 4. The Kier molecular flexibility index (Phi) is 2.28. The second-order valence-electron chi connectivity index (χ2n) is 2.80. The van der Waals surface area contributed by atoms with Crippen LogP contribution in [-0.2, 0) is 0 Å². The molecule has 0 amide bonds. The maximum atomic E-state index is 12.5. The minimum Gasteiger partial charge on any atom is -0.382 e. The fraction of sp³-hybridized carbons (Fsp3) is 0.125. The van der Waals surface area contributed by atoms with E-state index in [0.717, 1.165) is 0 Å². The van der Waals surface area contributed by atoms with Crippen LogP contribution in [0.5, 0.6) is 0 Å². The SMILES string of the molecule is Nc1cc(-c2cncnc2)n(C(F)F)n1. The third kappa shape index (κ3) is 1.76. The van der Waals surface area contributed by atoms with E-state index in [4.69, 9.17) is 5.73 Å². The first-order chi connectivity index (χ1) is 7.18. The van der Waals surface area contributed by atoms with Gasteiger partial charge >= 0.3 is 6.55 Å². The minimum atomic E-state index is -2.74. The lowest BCUT2D eigenvalue weighted by atomic mass is 10.2. The van der Waals surface area contributed by atoms with E-state index in [0.29, 0.717) is 10.2 Å². The van der Waals surface area contributed by atoms with E-state index < -0.39 is 6.55 Å². The number of halogens is 2. The van der Waals surface area contributed by atoms with Crippen LogP contribution in [0.2, 0.25) is 0 Å². The number of hydrogen-bond acceptors (Lipinski definition) is 4. The number of hydrogen-bond donors (Lipinski definition) is 1. The number of nitrogens with two attached hydrogens (primary N) is 1. The van der Waals surface area contributed by atoms with Gasteiger partial charge in [0.1, 0.15) is 12.1 Å². The molecule has 0 aliphatic carbocycles. The maximum Gasteiger partial charge on any atom is 0.333 e. The predicted molar refractivity (Wildman–Crippen MR) is 48.9 cm³/mol. The molecule has 0 radical (unpaired) electrons. The first kappa shape index (κ1) is 9.50. The molecule has 2 aromatic rings. The van der Waals surface area contributed by atoms with Crippen LogP contribution in [-0.4, -0.2) is 19.7 Å². The Morgan fingerprint density at radius 2 is 1.93 bits per heavy atom. The lowest BCUT2D eigenvalue weighted by Gasteiger charge is -2.04. The Bertz CT molecular complexity index is 453. The van der Waals surface area contributed by atoms with Gasteiger partial charge in [-0.2, -0.15) is 13.9 Å². The number of anilines is 1. The monoisotopic (exact) mass is 211 g/mol. The van der Waals surface area contributed by atoms with Gasteiger partial charge in [0, 0.05) is 24.0 Å². The van der Waals surface area contributed by atoms with Crippen molar-refractivity contribution in [1.82, 2.24) is 19.7 Å². The topological polar surface area (TPSA) is 69.6 Å². The van der Waals surface area contributed by atoms with Crippen molar-refractivity contribution in [2.24, 2.45) is 0 Å². The van der Waals surface area contributed by atoms with E-state index in [1.165, 1.54) is 24.8 Å². The molecule has 0 aliphatic rings. The molecule has 0 spiro atoms. The number of nitrogens with zero attached hydrogens (tertiary/aromatic N) is 4. The van der Waals surface area contributed by atoms with E-state index in [9.17, 15) is 8.78 Å². The molecule has 0 fully saturated rings. The van der Waals surface area contributed by atoms with Crippen molar-refractivity contribution in [1.29, 1.82) is 0 Å². The molecular weight excluding hydrogens is 204 g/mol. The molecule has 5 nitrogen and oxygen atoms in total. The van der Waals surface area contributed by atoms with Crippen LogP contribution < -0.4 is 5.73 Å². The summed E-state index contributed by atoms with van der Waals surface area (Å²) in [6.07, 6.45) is 4.15. The summed E-state index contributed by atoms with van der Waals surface area (Å²) in [4.78, 5) is 7.47. The number of alkyl halides is 2. The Hall–Kier alpha value is -2.05. The molecule has 0 saturated carbocycles. The summed E-state index contributed by atoms with van der Waals surface area (Å²) >= 11 is 0. The molecule has 0 aliphatic heterocycles. The fourth-order valence-corrected chi connectivity index (χ4v) is 1.21. The third-order valence-corrected chi connectivity index (χ3v) is 1.80. The van der Waals surface area contributed by atoms with Crippen molar-refractivity contribution in [2.75, 3.05) is 5.73 Å². The van der Waals surface area contributed by atoms with Gasteiger partial charge in [0.2, 0.25) is 0 Å². The highest BCUT2D eigenvalue weighted by Crippen LogP contribution is 2.24. The summed E-state index contributed by atoms with van der Waals surface area (Å²) in [5.74, 6) is 0.0363. The van der Waals surface area contributed by atoms with Gasteiger partial charge in [-0.1, -0.05) is 0 Å². The van der Waals surface area contributed by atoms with Gasteiger partial charge < -0.3 is 5.73 Å². The molecule has 7 heteroatoms. The average molecular weight is 211 g/mol. The lowest BCUT2D eigenvalue weighted by Crippen LogP contribution is -2.03. The zero-order valence-electron chi connectivity index (χ0n) is 7.51. The predicted octanol–water partition coefficient (Wildman–Crippen LogP) is 1.32. The molecular formula is C8H7F2N5. The molecule has 2 aromatic heterocycles. The van der Waals surface area contributed by atoms with Gasteiger partial charge in [-0.3, -0.25) is 0 Å². The van der Waals surface area contributed by atoms with Gasteiger partial charge in [-0.05, 0) is 0 Å². The molecule has 0 aromatic carbocycles. The second kappa shape index (κ2) is 3.60. The summed E-state index contributed by atoms with van der Waals surface area (Å²) in [7, 11) is 0. The van der Waals surface area contributed by atoms with E-state index in [1.807, 2.05) is 0 Å². The van der Waals surface area contributed by atoms with Crippen molar-refractivity contribution >= 4 is 5.82 Å². The van der Waals surface area contributed by atoms with Crippen LogP contribution in [0.3, 0.4) is 0 Å². The zero-order valence-corrected chi connectivity index (χ0v) is 7.51. The quantitative estimate of drug-likeness (QED) is 0.813. The fourth-order valence-electron chi connectivity index (χ4n) is 1.21. The Morgan fingerprint density at radius 1 is 1.27 bits per heavy atom. The normalized spacial score (nSPS) is 10.9. The van der Waals surface area contributed by atoms with Gasteiger partial charge in [0.05, 0.1) is 5.69 Å². The highest BCUT2D eigenvalue weighted by atomic mass is 19.3. The first-order valence-corrected chi connectivity index (χ1v) is 4.07. The highest BCUT2D eigenvalue weighted by Gasteiger charge is 2.15. The molecule has 0 unspecified atom stereocenters. The molecule has 78 valence electrons. The van der Waals surface area contributed by atoms with Crippen LogP contribution in [0.25, 0.3) is 11.3 Å². The van der Waals surface area contributed by atoms with E-state index in [1.54, 1.807) is 0 Å². The average Bonchev–Trinajstić information content (AvgIpc) is 2.62. The third-order valence-electron chi connectivity index (χ3n) is 1.80. The van der Waals surface area contributed by atoms with E-state index >= 15 is 0 Å². The first-order valence-electron chi connectivity index (χ1n) is 4.07. The largest absolute Gasteiger partial charge is 0.382 e. The van der Waals surface area contributed by atoms with Crippen LogP contribution in [0, 0.1) is 0 Å². The molecule has 2 N–H and O–H groups in total. The Balaban J connectivity index is 2.53. The molecule has 0 saturated heterocycles. The minimum absolute atomic E-state index is 0.0363. The lowest BCUT2D eigenvalue weighted by molar-refractivity contribution is 0.0588. The zero-order chi connectivity index (χ0) is 10.8. The molecule has 0 atom stereocenters. The van der Waals surface area contributed by atoms with Crippen molar-refractivity contribution < 1.29 is 8.78 Å². The summed E-state index contributed by atoms with van der Waals surface area (Å²) < 4.78 is 25.6. The Morgan fingerprint density at radius 3 is 2.53 bits per heavy atom. The summed E-state index contributed by atoms with van der Waals surface area (Å²) in [6, 6.07) is 1.35. The second-order valence-corrected chi connectivity index (χ2v) is 2.80. The summed E-state index contributed by atoms with van der Waals surface area (Å²) in [5.41, 5.74) is 5.99. The molecule has 2 heterocycles. The van der Waals surface area contributed by atoms with Crippen LogP contribution in [0.1, 0.15) is 6.55 Å². The van der Waals surface area contributed by atoms with Crippen molar-refractivity contribution in [3.8, 4) is 11.3 Å². The smallest absolute Gasteiger partial charge is 0.333 e. The van der Waals surface area contributed by atoms with Crippen LogP contribution in [0.15, 0.2) is 24.8 Å². The molecule has 0 bridgehead atoms. The number of rotatable bonds is 2. The Labute approximate surface area is 83.6 Å². The highest BCUT2D eigenvalue weighted by molar-refractivity contribution is 5.60. The van der Waals surface area contributed by atoms with E-state index in [-0.39, 0.29) is 11.5 Å². The van der Waals surface area contributed by atoms with Gasteiger partial charge in [-0.25, -0.2) is 14.6 Å². The van der Waals surface area contributed by atoms with Crippen molar-refractivity contribution in [2.45, 2.75) is 6.55 Å².